The summed E-state index contributed by atoms with van der Waals surface area (Å²) in [6, 6.07) is 8.80. The standard InChI is InChI=1S/C15H17NO3/c17-15-6-4-12-3-5-13(8-14(12)19-15)18-10-11-2-1-7-16-9-11/h3-6,8,11,16H,1-2,7,9-10H2/t11-/m0/s1. The molecule has 4 heteroatoms. The summed E-state index contributed by atoms with van der Waals surface area (Å²) in [6.07, 6.45) is 2.41. The lowest BCUT2D eigenvalue weighted by Crippen LogP contribution is -2.33. The Kier molecular flexibility index (Phi) is 3.51. The molecule has 2 aromatic rings. The number of benzene rings is 1. The molecule has 2 heterocycles. The van der Waals surface area contributed by atoms with Crippen LogP contribution in [-0.4, -0.2) is 19.7 Å². The first-order valence-corrected chi connectivity index (χ1v) is 6.69. The maximum absolute atomic E-state index is 11.2. The van der Waals surface area contributed by atoms with Crippen molar-refractivity contribution in [2.75, 3.05) is 19.7 Å². The van der Waals surface area contributed by atoms with Crippen LogP contribution in [0.5, 0.6) is 5.75 Å². The average Bonchev–Trinajstić information content (AvgIpc) is 2.46. The van der Waals surface area contributed by atoms with Crippen LogP contribution >= 0.6 is 0 Å². The van der Waals surface area contributed by atoms with Crippen molar-refractivity contribution in [2.24, 2.45) is 5.92 Å². The van der Waals surface area contributed by atoms with Gasteiger partial charge in [0.15, 0.2) is 0 Å². The van der Waals surface area contributed by atoms with E-state index in [2.05, 4.69) is 5.32 Å². The molecule has 1 fully saturated rings. The van der Waals surface area contributed by atoms with Gasteiger partial charge >= 0.3 is 5.63 Å². The second kappa shape index (κ2) is 5.45. The normalized spacial score (nSPS) is 19.5. The highest BCUT2D eigenvalue weighted by molar-refractivity contribution is 5.77. The molecular formula is C15H17NO3. The van der Waals surface area contributed by atoms with Gasteiger partial charge < -0.3 is 14.5 Å². The van der Waals surface area contributed by atoms with Gasteiger partial charge in [0.1, 0.15) is 11.3 Å². The third-order valence-electron chi connectivity index (χ3n) is 3.48. The topological polar surface area (TPSA) is 51.5 Å². The first-order valence-electron chi connectivity index (χ1n) is 6.69. The maximum Gasteiger partial charge on any atom is 0.336 e. The van der Waals surface area contributed by atoms with E-state index in [1.165, 1.54) is 18.9 Å². The third-order valence-corrected chi connectivity index (χ3v) is 3.48. The highest BCUT2D eigenvalue weighted by Gasteiger charge is 2.13. The number of ether oxygens (including phenoxy) is 1. The molecule has 0 amide bonds. The SMILES string of the molecule is O=c1ccc2ccc(OC[C@H]3CCCNC3)cc2o1. The van der Waals surface area contributed by atoms with E-state index in [0.29, 0.717) is 18.1 Å². The van der Waals surface area contributed by atoms with Crippen LogP contribution in [0.4, 0.5) is 0 Å². The van der Waals surface area contributed by atoms with Crippen LogP contribution in [0.1, 0.15) is 12.8 Å². The van der Waals surface area contributed by atoms with Gasteiger partial charge in [0.05, 0.1) is 6.61 Å². The van der Waals surface area contributed by atoms with Crippen LogP contribution in [0, 0.1) is 5.92 Å². The minimum atomic E-state index is -0.332. The minimum Gasteiger partial charge on any atom is -0.493 e. The van der Waals surface area contributed by atoms with E-state index in [1.54, 1.807) is 12.1 Å². The van der Waals surface area contributed by atoms with E-state index >= 15 is 0 Å². The number of hydrogen-bond donors (Lipinski definition) is 1. The van der Waals surface area contributed by atoms with Gasteiger partial charge in [0.25, 0.3) is 0 Å². The zero-order chi connectivity index (χ0) is 13.1. The predicted molar refractivity (Wildman–Crippen MR) is 73.6 cm³/mol. The Bertz CT molecular complexity index is 614. The summed E-state index contributed by atoms with van der Waals surface area (Å²) in [5.74, 6) is 1.32. The van der Waals surface area contributed by atoms with Crippen molar-refractivity contribution in [3.05, 3.63) is 40.8 Å². The third kappa shape index (κ3) is 2.96. The highest BCUT2D eigenvalue weighted by Crippen LogP contribution is 2.20. The number of hydrogen-bond acceptors (Lipinski definition) is 4. The van der Waals surface area contributed by atoms with Gasteiger partial charge in [-0.2, -0.15) is 0 Å². The summed E-state index contributed by atoms with van der Waals surface area (Å²) >= 11 is 0. The summed E-state index contributed by atoms with van der Waals surface area (Å²) in [7, 11) is 0. The number of rotatable bonds is 3. The van der Waals surface area contributed by atoms with Gasteiger partial charge in [-0.3, -0.25) is 0 Å². The minimum absolute atomic E-state index is 0.332. The molecule has 100 valence electrons. The Morgan fingerprint density at radius 1 is 1.32 bits per heavy atom. The van der Waals surface area contributed by atoms with Gasteiger partial charge in [-0.1, -0.05) is 0 Å². The molecule has 19 heavy (non-hydrogen) atoms. The van der Waals surface area contributed by atoms with Crippen LogP contribution in [0.3, 0.4) is 0 Å². The largest absolute Gasteiger partial charge is 0.493 e. The van der Waals surface area contributed by atoms with Crippen LogP contribution in [0.2, 0.25) is 0 Å². The Balaban J connectivity index is 1.72. The first-order chi connectivity index (χ1) is 9.31. The average molecular weight is 259 g/mol. The van der Waals surface area contributed by atoms with Crippen LogP contribution < -0.4 is 15.7 Å². The summed E-state index contributed by atoms with van der Waals surface area (Å²) in [4.78, 5) is 11.2. The van der Waals surface area contributed by atoms with Crippen molar-refractivity contribution in [1.29, 1.82) is 0 Å². The zero-order valence-corrected chi connectivity index (χ0v) is 10.7. The number of piperidine rings is 1. The molecule has 4 nitrogen and oxygen atoms in total. The lowest BCUT2D eigenvalue weighted by molar-refractivity contribution is 0.218. The first kappa shape index (κ1) is 12.2. The van der Waals surface area contributed by atoms with Gasteiger partial charge in [0, 0.05) is 30.0 Å². The summed E-state index contributed by atoms with van der Waals surface area (Å²) < 4.78 is 10.9. The molecule has 1 saturated heterocycles. The lowest BCUT2D eigenvalue weighted by atomic mass is 10.0. The smallest absolute Gasteiger partial charge is 0.336 e. The van der Waals surface area contributed by atoms with Crippen molar-refractivity contribution >= 4 is 11.0 Å². The molecule has 0 spiro atoms. The van der Waals surface area contributed by atoms with E-state index in [4.69, 9.17) is 9.15 Å². The fourth-order valence-electron chi connectivity index (χ4n) is 2.41. The molecule has 1 N–H and O–H groups in total. The Morgan fingerprint density at radius 3 is 3.05 bits per heavy atom. The number of nitrogens with one attached hydrogen (secondary N) is 1. The van der Waals surface area contributed by atoms with Crippen molar-refractivity contribution in [1.82, 2.24) is 5.32 Å². The molecule has 0 saturated carbocycles. The van der Waals surface area contributed by atoms with E-state index in [9.17, 15) is 4.79 Å². The Labute approximate surface area is 111 Å². The number of fused-ring (bicyclic) bond motifs is 1. The van der Waals surface area contributed by atoms with E-state index < -0.39 is 0 Å². The molecule has 1 aromatic carbocycles. The van der Waals surface area contributed by atoms with E-state index in [1.807, 2.05) is 12.1 Å². The molecule has 1 aromatic heterocycles. The van der Waals surface area contributed by atoms with Gasteiger partial charge in [-0.25, -0.2) is 4.79 Å². The van der Waals surface area contributed by atoms with Crippen molar-refractivity contribution in [2.45, 2.75) is 12.8 Å². The molecule has 0 unspecified atom stereocenters. The summed E-state index contributed by atoms with van der Waals surface area (Å²) in [5, 5.41) is 4.28. The second-order valence-corrected chi connectivity index (χ2v) is 4.98. The van der Waals surface area contributed by atoms with Crippen LogP contribution in [0.15, 0.2) is 39.5 Å². The van der Waals surface area contributed by atoms with Crippen molar-refractivity contribution in [3.63, 3.8) is 0 Å². The molecule has 3 rings (SSSR count). The van der Waals surface area contributed by atoms with Gasteiger partial charge in [0.2, 0.25) is 0 Å². The second-order valence-electron chi connectivity index (χ2n) is 4.98. The lowest BCUT2D eigenvalue weighted by Gasteiger charge is -2.22. The fraction of sp³-hybridized carbons (Fsp3) is 0.400. The fourth-order valence-corrected chi connectivity index (χ4v) is 2.41. The Morgan fingerprint density at radius 2 is 2.21 bits per heavy atom. The van der Waals surface area contributed by atoms with Crippen LogP contribution in [-0.2, 0) is 0 Å². The Hall–Kier alpha value is -1.81. The van der Waals surface area contributed by atoms with Crippen LogP contribution in [0.25, 0.3) is 11.0 Å². The predicted octanol–water partition coefficient (Wildman–Crippen LogP) is 2.17. The molecular weight excluding hydrogens is 242 g/mol. The summed E-state index contributed by atoms with van der Waals surface area (Å²) in [5.41, 5.74) is 0.243. The quantitative estimate of drug-likeness (QED) is 0.858. The van der Waals surface area contributed by atoms with E-state index in [-0.39, 0.29) is 5.63 Å². The van der Waals surface area contributed by atoms with Crippen molar-refractivity contribution in [3.8, 4) is 5.75 Å². The highest BCUT2D eigenvalue weighted by atomic mass is 16.5. The maximum atomic E-state index is 11.2. The summed E-state index contributed by atoms with van der Waals surface area (Å²) in [6.45, 7) is 2.83. The van der Waals surface area contributed by atoms with Crippen molar-refractivity contribution < 1.29 is 9.15 Å². The molecule has 0 radical (unpaired) electrons. The van der Waals surface area contributed by atoms with E-state index in [0.717, 1.165) is 24.2 Å². The molecule has 0 aliphatic carbocycles. The molecule has 1 aliphatic heterocycles. The zero-order valence-electron chi connectivity index (χ0n) is 10.7. The van der Waals surface area contributed by atoms with Gasteiger partial charge in [-0.05, 0) is 37.6 Å². The monoisotopic (exact) mass is 259 g/mol. The molecule has 1 aliphatic rings. The molecule has 1 atom stereocenters. The van der Waals surface area contributed by atoms with Gasteiger partial charge in [-0.15, -0.1) is 0 Å². The molecule has 0 bridgehead atoms.